The van der Waals surface area contributed by atoms with Crippen LogP contribution in [0.4, 0.5) is 11.4 Å². The Hall–Kier alpha value is -3.06. The molecule has 1 aliphatic rings. The summed E-state index contributed by atoms with van der Waals surface area (Å²) < 4.78 is 0.658. The van der Waals surface area contributed by atoms with Crippen LogP contribution >= 0.6 is 11.8 Å². The van der Waals surface area contributed by atoms with Crippen molar-refractivity contribution < 1.29 is 9.59 Å². The van der Waals surface area contributed by atoms with Crippen molar-refractivity contribution in [3.8, 4) is 0 Å². The summed E-state index contributed by atoms with van der Waals surface area (Å²) >= 11 is 1.29. The zero-order valence-corrected chi connectivity index (χ0v) is 19.0. The summed E-state index contributed by atoms with van der Waals surface area (Å²) in [4.78, 5) is 28.9. The number of thioether (sulfide) groups is 1. The first-order chi connectivity index (χ1) is 14.8. The summed E-state index contributed by atoms with van der Waals surface area (Å²) in [6.07, 6.45) is 0.851. The van der Waals surface area contributed by atoms with E-state index in [9.17, 15) is 9.59 Å². The highest BCUT2D eigenvalue weighted by Crippen LogP contribution is 2.45. The quantitative estimate of drug-likeness (QED) is 0.611. The van der Waals surface area contributed by atoms with E-state index in [-0.39, 0.29) is 11.8 Å². The molecule has 0 bridgehead atoms. The van der Waals surface area contributed by atoms with Gasteiger partial charge in [0.2, 0.25) is 5.91 Å². The number of nitrogens with zero attached hydrogens (tertiary/aromatic N) is 3. The molecular formula is C24H26N4O2S. The number of nitrogens with one attached hydrogen (secondary N) is 1. The van der Waals surface area contributed by atoms with Gasteiger partial charge in [-0.1, -0.05) is 54.2 Å². The Labute approximate surface area is 186 Å². The average molecular weight is 435 g/mol. The number of rotatable bonds is 5. The zero-order valence-electron chi connectivity index (χ0n) is 18.2. The van der Waals surface area contributed by atoms with Gasteiger partial charge in [0.15, 0.2) is 4.75 Å². The standard InChI is InChI=1S/C24H26N4O2S/c1-16-21(17(2)28(26-16)15-14-18-10-6-5-7-11-18)25-22(29)24(3)23(30)27(4)19-12-8-9-13-20(19)31-24/h5-13H,14-15H2,1-4H3,(H,25,29). The van der Waals surface area contributed by atoms with Crippen molar-refractivity contribution >= 4 is 35.0 Å². The lowest BCUT2D eigenvalue weighted by molar-refractivity contribution is -0.128. The maximum atomic E-state index is 13.3. The van der Waals surface area contributed by atoms with Crippen LogP contribution in [0.5, 0.6) is 0 Å². The van der Waals surface area contributed by atoms with Gasteiger partial charge in [0.1, 0.15) is 0 Å². The molecule has 0 saturated heterocycles. The first-order valence-corrected chi connectivity index (χ1v) is 11.1. The summed E-state index contributed by atoms with van der Waals surface area (Å²) in [6, 6.07) is 17.9. The first kappa shape index (κ1) is 21.2. The van der Waals surface area contributed by atoms with Crippen LogP contribution in [0.3, 0.4) is 0 Å². The number of aryl methyl sites for hydroxylation is 3. The number of hydrogen-bond donors (Lipinski definition) is 1. The highest BCUT2D eigenvalue weighted by Gasteiger charge is 2.48. The molecule has 2 amide bonds. The second-order valence-corrected chi connectivity index (χ2v) is 9.39. The molecule has 1 aliphatic heterocycles. The normalized spacial score (nSPS) is 18.1. The molecule has 2 heterocycles. The minimum Gasteiger partial charge on any atom is -0.321 e. The van der Waals surface area contributed by atoms with Gasteiger partial charge in [-0.2, -0.15) is 5.10 Å². The molecule has 0 fully saturated rings. The molecule has 7 heteroatoms. The number of hydrogen-bond acceptors (Lipinski definition) is 4. The molecule has 6 nitrogen and oxygen atoms in total. The van der Waals surface area contributed by atoms with Gasteiger partial charge in [-0.05, 0) is 44.9 Å². The number of carbonyl (C=O) groups is 2. The summed E-state index contributed by atoms with van der Waals surface area (Å²) in [6.45, 7) is 6.22. The van der Waals surface area contributed by atoms with E-state index >= 15 is 0 Å². The smallest absolute Gasteiger partial charge is 0.252 e. The van der Waals surface area contributed by atoms with Crippen molar-refractivity contribution in [2.75, 3.05) is 17.3 Å². The summed E-state index contributed by atoms with van der Waals surface area (Å²) in [5.74, 6) is -0.571. The van der Waals surface area contributed by atoms with Crippen molar-refractivity contribution in [1.82, 2.24) is 9.78 Å². The third kappa shape index (κ3) is 3.85. The fraction of sp³-hybridized carbons (Fsp3) is 0.292. The Kier molecular flexibility index (Phi) is 5.62. The third-order valence-corrected chi connectivity index (χ3v) is 7.10. The Balaban J connectivity index is 1.55. The van der Waals surface area contributed by atoms with Gasteiger partial charge in [-0.3, -0.25) is 14.3 Å². The summed E-state index contributed by atoms with van der Waals surface area (Å²) in [5, 5.41) is 7.61. The molecule has 0 aliphatic carbocycles. The molecule has 0 radical (unpaired) electrons. The number of aromatic nitrogens is 2. The lowest BCUT2D eigenvalue weighted by atomic mass is 10.1. The van der Waals surface area contributed by atoms with Crippen LogP contribution in [0.2, 0.25) is 0 Å². The Morgan fingerprint density at radius 2 is 1.77 bits per heavy atom. The van der Waals surface area contributed by atoms with Crippen molar-refractivity contribution in [2.45, 2.75) is 43.4 Å². The van der Waals surface area contributed by atoms with Crippen LogP contribution < -0.4 is 10.2 Å². The van der Waals surface area contributed by atoms with Gasteiger partial charge >= 0.3 is 0 Å². The summed E-state index contributed by atoms with van der Waals surface area (Å²) in [5.41, 5.74) is 4.36. The van der Waals surface area contributed by atoms with Crippen LogP contribution in [0, 0.1) is 13.8 Å². The molecule has 1 aromatic heterocycles. The fourth-order valence-electron chi connectivity index (χ4n) is 3.87. The van der Waals surface area contributed by atoms with E-state index in [2.05, 4.69) is 22.5 Å². The number of carbonyl (C=O) groups excluding carboxylic acids is 2. The van der Waals surface area contributed by atoms with E-state index in [1.165, 1.54) is 17.3 Å². The molecule has 2 aromatic carbocycles. The second-order valence-electron chi connectivity index (χ2n) is 7.93. The molecule has 1 atom stereocenters. The lowest BCUT2D eigenvalue weighted by Crippen LogP contribution is -2.53. The number of anilines is 2. The molecule has 160 valence electrons. The van der Waals surface area contributed by atoms with Crippen molar-refractivity contribution in [1.29, 1.82) is 0 Å². The van der Waals surface area contributed by atoms with E-state index in [4.69, 9.17) is 0 Å². The Bertz CT molecular complexity index is 1140. The maximum Gasteiger partial charge on any atom is 0.252 e. The van der Waals surface area contributed by atoms with E-state index in [1.807, 2.05) is 61.0 Å². The molecule has 0 spiro atoms. The van der Waals surface area contributed by atoms with E-state index in [1.54, 1.807) is 18.9 Å². The molecule has 4 rings (SSSR count). The van der Waals surface area contributed by atoms with Crippen LogP contribution in [-0.2, 0) is 22.6 Å². The molecule has 3 aromatic rings. The minimum absolute atomic E-state index is 0.236. The largest absolute Gasteiger partial charge is 0.321 e. The van der Waals surface area contributed by atoms with Crippen molar-refractivity contribution in [2.24, 2.45) is 0 Å². The average Bonchev–Trinajstić information content (AvgIpc) is 3.04. The van der Waals surface area contributed by atoms with Gasteiger partial charge in [0.25, 0.3) is 5.91 Å². The Morgan fingerprint density at radius 3 is 2.52 bits per heavy atom. The predicted octanol–water partition coefficient (Wildman–Crippen LogP) is 4.21. The number of benzene rings is 2. The molecular weight excluding hydrogens is 408 g/mol. The predicted molar refractivity (Wildman–Crippen MR) is 125 cm³/mol. The van der Waals surface area contributed by atoms with Gasteiger partial charge in [-0.15, -0.1) is 0 Å². The van der Waals surface area contributed by atoms with Crippen LogP contribution in [0.1, 0.15) is 23.9 Å². The van der Waals surface area contributed by atoms with Gasteiger partial charge in [-0.25, -0.2) is 0 Å². The highest BCUT2D eigenvalue weighted by atomic mass is 32.2. The van der Waals surface area contributed by atoms with E-state index < -0.39 is 4.75 Å². The summed E-state index contributed by atoms with van der Waals surface area (Å²) in [7, 11) is 1.71. The van der Waals surface area contributed by atoms with Crippen molar-refractivity contribution in [3.05, 3.63) is 71.5 Å². The first-order valence-electron chi connectivity index (χ1n) is 10.3. The molecule has 0 saturated carbocycles. The molecule has 1 unspecified atom stereocenters. The monoisotopic (exact) mass is 434 g/mol. The van der Waals surface area contributed by atoms with Crippen molar-refractivity contribution in [3.63, 3.8) is 0 Å². The second kappa shape index (κ2) is 8.23. The Morgan fingerprint density at radius 1 is 1.10 bits per heavy atom. The van der Waals surface area contributed by atoms with Crippen LogP contribution in [0.15, 0.2) is 59.5 Å². The lowest BCUT2D eigenvalue weighted by Gasteiger charge is -2.36. The van der Waals surface area contributed by atoms with Gasteiger partial charge < -0.3 is 10.2 Å². The topological polar surface area (TPSA) is 67.2 Å². The van der Waals surface area contributed by atoms with E-state index in [0.717, 1.165) is 28.4 Å². The zero-order chi connectivity index (χ0) is 22.2. The van der Waals surface area contributed by atoms with E-state index in [0.29, 0.717) is 12.2 Å². The van der Waals surface area contributed by atoms with Gasteiger partial charge in [0.05, 0.1) is 22.8 Å². The van der Waals surface area contributed by atoms with Crippen LogP contribution in [-0.4, -0.2) is 33.4 Å². The fourth-order valence-corrected chi connectivity index (χ4v) is 5.13. The minimum atomic E-state index is -1.26. The number of para-hydroxylation sites is 1. The van der Waals surface area contributed by atoms with Crippen LogP contribution in [0.25, 0.3) is 0 Å². The van der Waals surface area contributed by atoms with Gasteiger partial charge in [0, 0.05) is 18.5 Å². The SMILES string of the molecule is Cc1nn(CCc2ccccc2)c(C)c1NC(=O)C1(C)Sc2ccccc2N(C)C1=O. The maximum absolute atomic E-state index is 13.3. The third-order valence-electron chi connectivity index (χ3n) is 5.76. The number of amides is 2. The highest BCUT2D eigenvalue weighted by molar-refractivity contribution is 8.02. The number of fused-ring (bicyclic) bond motifs is 1. The molecule has 31 heavy (non-hydrogen) atoms. The molecule has 1 N–H and O–H groups in total.